The Kier molecular flexibility index (Phi) is 11.6. The van der Waals surface area contributed by atoms with E-state index in [1.165, 1.54) is 47.1 Å². The summed E-state index contributed by atoms with van der Waals surface area (Å²) >= 11 is 0. The van der Waals surface area contributed by atoms with Gasteiger partial charge in [0.25, 0.3) is 0 Å². The van der Waals surface area contributed by atoms with E-state index in [1.54, 1.807) is 26.0 Å². The number of nitrogens with zero attached hydrogens (tertiary/aromatic N) is 3. The zero-order valence-electron chi connectivity index (χ0n) is 28.1. The van der Waals surface area contributed by atoms with Gasteiger partial charge in [-0.05, 0) is 85.6 Å². The minimum absolute atomic E-state index is 0.0813. The number of carbonyl (C=O) groups excluding carboxylic acids is 4. The fraction of sp³-hybridized carbons (Fsp3) is 0.189. The third-order valence-electron chi connectivity index (χ3n) is 7.07. The van der Waals surface area contributed by atoms with Crippen LogP contribution in [0.5, 0.6) is 17.2 Å². The molecule has 0 aliphatic heterocycles. The molecule has 0 saturated heterocycles. The lowest BCUT2D eigenvalue weighted by molar-refractivity contribution is -0.141. The van der Waals surface area contributed by atoms with Crippen LogP contribution in [0.4, 0.5) is 17.1 Å². The molecule has 4 aromatic rings. The van der Waals surface area contributed by atoms with Crippen LogP contribution < -0.4 is 19.1 Å². The summed E-state index contributed by atoms with van der Waals surface area (Å²) in [5.41, 5.74) is 5.55. The Morgan fingerprint density at radius 3 is 1.20 bits per heavy atom. The van der Waals surface area contributed by atoms with Crippen LogP contribution in [0.3, 0.4) is 0 Å². The fourth-order valence-electron chi connectivity index (χ4n) is 4.71. The fourth-order valence-corrected chi connectivity index (χ4v) is 4.71. The summed E-state index contributed by atoms with van der Waals surface area (Å²) < 4.78 is 16.0. The quantitative estimate of drug-likeness (QED) is 0.0391. The second-order valence-corrected chi connectivity index (χ2v) is 10.6. The molecule has 0 unspecified atom stereocenters. The van der Waals surface area contributed by atoms with Crippen molar-refractivity contribution >= 4 is 52.2 Å². The summed E-state index contributed by atoms with van der Waals surface area (Å²) in [5, 5.41) is 7.74. The van der Waals surface area contributed by atoms with E-state index >= 15 is 0 Å². The van der Waals surface area contributed by atoms with Gasteiger partial charge in [0.15, 0.2) is 17.3 Å². The molecule has 0 N–H and O–H groups in total. The minimum atomic E-state index is -0.560. The first-order chi connectivity index (χ1) is 23.4. The van der Waals surface area contributed by atoms with Crippen molar-refractivity contribution in [3.8, 4) is 17.2 Å². The summed E-state index contributed by atoms with van der Waals surface area (Å²) in [5.74, 6) is -1.46. The summed E-state index contributed by atoms with van der Waals surface area (Å²) in [4.78, 5) is 59.2. The Hall–Kier alpha value is -6.30. The SMILES string of the molecule is COc1cc(C(=O)c2ccc(N(c3ccc(C(C)=NOC(C)=O)cc3)c3ccc(/C(C)=N\OC(C)=O)cc3)cc2)cc(OC)c1OC(C)=O. The van der Waals surface area contributed by atoms with Crippen molar-refractivity contribution in [2.75, 3.05) is 19.1 Å². The lowest BCUT2D eigenvalue weighted by atomic mass is 10.0. The summed E-state index contributed by atoms with van der Waals surface area (Å²) in [7, 11) is 2.81. The highest BCUT2D eigenvalue weighted by molar-refractivity contribution is 6.10. The van der Waals surface area contributed by atoms with Gasteiger partial charge in [0.05, 0.1) is 25.6 Å². The van der Waals surface area contributed by atoms with Crippen LogP contribution in [0, 0.1) is 0 Å². The number of carbonyl (C=O) groups is 4. The monoisotopic (exact) mass is 665 g/mol. The van der Waals surface area contributed by atoms with Crippen molar-refractivity contribution in [1.29, 1.82) is 0 Å². The number of hydrogen-bond donors (Lipinski definition) is 0. The maximum atomic E-state index is 13.6. The molecule has 0 saturated carbocycles. The first kappa shape index (κ1) is 35.6. The van der Waals surface area contributed by atoms with Gasteiger partial charge in [-0.1, -0.05) is 34.6 Å². The molecule has 0 aliphatic rings. The van der Waals surface area contributed by atoms with Gasteiger partial charge < -0.3 is 28.8 Å². The van der Waals surface area contributed by atoms with Gasteiger partial charge in [-0.2, -0.15) is 0 Å². The van der Waals surface area contributed by atoms with Crippen molar-refractivity contribution in [3.63, 3.8) is 0 Å². The van der Waals surface area contributed by atoms with E-state index in [0.29, 0.717) is 17.0 Å². The topological polar surface area (TPSA) is 142 Å². The Balaban J connectivity index is 1.72. The van der Waals surface area contributed by atoms with E-state index < -0.39 is 17.9 Å². The zero-order valence-corrected chi connectivity index (χ0v) is 28.1. The van der Waals surface area contributed by atoms with Gasteiger partial charge in [-0.3, -0.25) is 9.59 Å². The Morgan fingerprint density at radius 2 is 0.878 bits per heavy atom. The van der Waals surface area contributed by atoms with Gasteiger partial charge in [0.1, 0.15) is 0 Å². The molecule has 0 heterocycles. The molecular weight excluding hydrogens is 630 g/mol. The van der Waals surface area contributed by atoms with Crippen LogP contribution in [0.1, 0.15) is 61.7 Å². The van der Waals surface area contributed by atoms with Crippen LogP contribution in [-0.2, 0) is 24.1 Å². The molecule has 252 valence electrons. The molecule has 0 bridgehead atoms. The summed E-state index contributed by atoms with van der Waals surface area (Å²) in [6.45, 7) is 7.28. The number of esters is 1. The van der Waals surface area contributed by atoms with Crippen molar-refractivity contribution in [2.45, 2.75) is 34.6 Å². The Bertz CT molecular complexity index is 1810. The summed E-state index contributed by atoms with van der Waals surface area (Å²) in [6, 6.07) is 25.0. The highest BCUT2D eigenvalue weighted by Gasteiger charge is 2.21. The predicted octanol–water partition coefficient (Wildman–Crippen LogP) is 6.90. The van der Waals surface area contributed by atoms with Crippen molar-refractivity contribution in [1.82, 2.24) is 0 Å². The average molecular weight is 666 g/mol. The van der Waals surface area contributed by atoms with E-state index in [0.717, 1.165) is 28.2 Å². The molecule has 12 nitrogen and oxygen atoms in total. The van der Waals surface area contributed by atoms with Crippen molar-refractivity contribution < 1.29 is 43.1 Å². The molecule has 0 aromatic heterocycles. The van der Waals surface area contributed by atoms with Crippen LogP contribution in [0.2, 0.25) is 0 Å². The smallest absolute Gasteiger partial charge is 0.331 e. The van der Waals surface area contributed by atoms with Gasteiger partial charge in [0.2, 0.25) is 5.75 Å². The number of methoxy groups -OCH3 is 2. The Labute approximate surface area is 283 Å². The number of benzene rings is 4. The first-order valence-electron chi connectivity index (χ1n) is 15.0. The van der Waals surface area contributed by atoms with Gasteiger partial charge in [-0.25, -0.2) is 9.59 Å². The first-order valence-corrected chi connectivity index (χ1v) is 15.0. The lowest BCUT2D eigenvalue weighted by Crippen LogP contribution is -2.11. The normalized spacial score (nSPS) is 11.3. The molecular formula is C37H35N3O9. The third-order valence-corrected chi connectivity index (χ3v) is 7.07. The van der Waals surface area contributed by atoms with Crippen molar-refractivity contribution in [2.24, 2.45) is 10.3 Å². The second-order valence-electron chi connectivity index (χ2n) is 10.6. The lowest BCUT2D eigenvalue weighted by Gasteiger charge is -2.26. The van der Waals surface area contributed by atoms with E-state index in [-0.39, 0.29) is 28.6 Å². The number of ketones is 1. The molecule has 12 heteroatoms. The molecule has 0 fully saturated rings. The Morgan fingerprint density at radius 1 is 0.510 bits per heavy atom. The van der Waals surface area contributed by atoms with E-state index in [2.05, 4.69) is 10.3 Å². The molecule has 0 spiro atoms. The predicted molar refractivity (Wildman–Crippen MR) is 183 cm³/mol. The van der Waals surface area contributed by atoms with Gasteiger partial charge in [0, 0.05) is 49.0 Å². The van der Waals surface area contributed by atoms with E-state index in [4.69, 9.17) is 23.9 Å². The van der Waals surface area contributed by atoms with Crippen LogP contribution in [0.15, 0.2) is 95.2 Å². The minimum Gasteiger partial charge on any atom is -0.493 e. The van der Waals surface area contributed by atoms with Crippen LogP contribution >= 0.6 is 0 Å². The number of anilines is 3. The molecule has 4 aromatic carbocycles. The number of hydrogen-bond acceptors (Lipinski definition) is 12. The maximum Gasteiger partial charge on any atom is 0.331 e. The summed E-state index contributed by atoms with van der Waals surface area (Å²) in [6.07, 6.45) is 0. The maximum absolute atomic E-state index is 13.6. The van der Waals surface area contributed by atoms with Crippen molar-refractivity contribution in [3.05, 3.63) is 107 Å². The highest BCUT2D eigenvalue weighted by Crippen LogP contribution is 2.40. The van der Waals surface area contributed by atoms with Gasteiger partial charge in [-0.15, -0.1) is 0 Å². The standard InChI is InChI=1S/C37H35N3O9/c1-22(38-48-25(4)42)27-8-14-31(15-9-27)40(32-16-10-28(11-17-32)23(2)39-49-26(5)43)33-18-12-29(13-19-33)36(44)30-20-34(45-6)37(47-24(3)41)35(21-30)46-7/h8-21H,1-7H3/b38-22-,39-23?. The molecule has 0 atom stereocenters. The van der Waals surface area contributed by atoms with E-state index in [9.17, 15) is 19.2 Å². The second kappa shape index (κ2) is 16.0. The third kappa shape index (κ3) is 8.95. The largest absolute Gasteiger partial charge is 0.493 e. The zero-order chi connectivity index (χ0) is 35.7. The highest BCUT2D eigenvalue weighted by atomic mass is 16.7. The van der Waals surface area contributed by atoms with Crippen LogP contribution in [0.25, 0.3) is 0 Å². The molecule has 0 amide bonds. The van der Waals surface area contributed by atoms with Crippen LogP contribution in [-0.4, -0.2) is 49.3 Å². The number of ether oxygens (including phenoxy) is 3. The molecule has 0 radical (unpaired) electrons. The molecule has 49 heavy (non-hydrogen) atoms. The molecule has 0 aliphatic carbocycles. The number of oxime groups is 2. The molecule has 4 rings (SSSR count). The van der Waals surface area contributed by atoms with Gasteiger partial charge >= 0.3 is 17.9 Å². The average Bonchev–Trinajstić information content (AvgIpc) is 3.10. The number of rotatable bonds is 12. The van der Waals surface area contributed by atoms with E-state index in [1.807, 2.05) is 65.6 Å².